The lowest BCUT2D eigenvalue weighted by Crippen LogP contribution is -2.34. The van der Waals surface area contributed by atoms with Gasteiger partial charge in [-0.15, -0.1) is 27.8 Å². The summed E-state index contributed by atoms with van der Waals surface area (Å²) in [6.45, 7) is 6.00. The second-order valence-electron chi connectivity index (χ2n) is 8.23. The maximum atomic E-state index is 13.9. The van der Waals surface area contributed by atoms with Crippen LogP contribution in [0.2, 0.25) is 0 Å². The fraction of sp³-hybridized carbons (Fsp3) is 0.500. The monoisotopic (exact) mass is 469 g/mol. The summed E-state index contributed by atoms with van der Waals surface area (Å²) in [7, 11) is 0. The van der Waals surface area contributed by atoms with Crippen molar-refractivity contribution in [2.45, 2.75) is 58.7 Å². The average Bonchev–Trinajstić information content (AvgIpc) is 3.56. The third kappa shape index (κ3) is 4.26. The number of rotatable bonds is 8. The van der Waals surface area contributed by atoms with Crippen molar-refractivity contribution in [1.82, 2.24) is 34.7 Å². The summed E-state index contributed by atoms with van der Waals surface area (Å²) >= 11 is 3.20. The van der Waals surface area contributed by atoms with E-state index in [4.69, 9.17) is 4.98 Å². The summed E-state index contributed by atoms with van der Waals surface area (Å²) in [5.74, 6) is 1.50. The molecule has 4 aromatic heterocycles. The highest BCUT2D eigenvalue weighted by molar-refractivity contribution is 7.18. The Balaban J connectivity index is 1.59. The number of thiophene rings is 2. The first-order valence-corrected chi connectivity index (χ1v) is 13.0. The van der Waals surface area contributed by atoms with E-state index in [0.29, 0.717) is 24.3 Å². The second-order valence-corrected chi connectivity index (χ2v) is 10.0. The molecule has 32 heavy (non-hydrogen) atoms. The fourth-order valence-electron chi connectivity index (χ4n) is 4.24. The molecule has 0 radical (unpaired) electrons. The molecule has 8 nitrogen and oxygen atoms in total. The first-order chi connectivity index (χ1) is 15.7. The Kier molecular flexibility index (Phi) is 6.42. The van der Waals surface area contributed by atoms with Gasteiger partial charge in [-0.25, -0.2) is 9.67 Å². The number of aromatic nitrogens is 6. The predicted molar refractivity (Wildman–Crippen MR) is 128 cm³/mol. The average molecular weight is 470 g/mol. The molecule has 0 aromatic carbocycles. The maximum absolute atomic E-state index is 13.9. The number of hydrogen-bond donors (Lipinski definition) is 0. The largest absolute Gasteiger partial charge is 0.296 e. The van der Waals surface area contributed by atoms with Gasteiger partial charge in [0.2, 0.25) is 0 Å². The van der Waals surface area contributed by atoms with Crippen LogP contribution in [-0.2, 0) is 19.6 Å². The number of hydrogen-bond acceptors (Lipinski definition) is 8. The van der Waals surface area contributed by atoms with Crippen LogP contribution in [-0.4, -0.2) is 47.7 Å². The van der Waals surface area contributed by atoms with Crippen LogP contribution in [0.15, 0.2) is 27.7 Å². The Morgan fingerprint density at radius 3 is 2.75 bits per heavy atom. The number of aryl methyl sites for hydroxylation is 1. The van der Waals surface area contributed by atoms with Crippen LogP contribution in [0.25, 0.3) is 20.7 Å². The van der Waals surface area contributed by atoms with Crippen LogP contribution in [0.4, 0.5) is 0 Å². The maximum Gasteiger partial charge on any atom is 0.263 e. The molecule has 1 fully saturated rings. The molecule has 0 spiro atoms. The molecule has 0 amide bonds. The Bertz CT molecular complexity index is 1240. The molecule has 10 heteroatoms. The molecule has 0 aliphatic carbocycles. The number of likely N-dealkylation sites (tertiary alicyclic amines) is 1. The number of piperidine rings is 1. The van der Waals surface area contributed by atoms with Crippen molar-refractivity contribution in [1.29, 1.82) is 0 Å². The molecular formula is C22H27N7OS2. The molecule has 4 aromatic rings. The van der Waals surface area contributed by atoms with Gasteiger partial charge in [0.15, 0.2) is 5.82 Å². The molecule has 168 valence electrons. The molecule has 0 unspecified atom stereocenters. The van der Waals surface area contributed by atoms with E-state index in [0.717, 1.165) is 53.6 Å². The lowest BCUT2D eigenvalue weighted by atomic mass is 10.1. The van der Waals surface area contributed by atoms with Gasteiger partial charge in [-0.3, -0.25) is 14.3 Å². The zero-order valence-electron chi connectivity index (χ0n) is 18.2. The number of nitrogens with zero attached hydrogens (tertiary/aromatic N) is 7. The molecule has 1 aliphatic rings. The van der Waals surface area contributed by atoms with E-state index in [9.17, 15) is 4.79 Å². The van der Waals surface area contributed by atoms with Gasteiger partial charge in [-0.2, -0.15) is 0 Å². The normalized spacial score (nSPS) is 15.0. The van der Waals surface area contributed by atoms with Gasteiger partial charge in [0.1, 0.15) is 10.7 Å². The second kappa shape index (κ2) is 9.60. The van der Waals surface area contributed by atoms with Gasteiger partial charge < -0.3 is 0 Å². The molecular weight excluding hydrogens is 442 g/mol. The SMILES string of the molecule is CCCCn1nnnc1Cn1c(CN2CCCCC2)nc2scc(-c3cccs3)c2c1=O. The highest BCUT2D eigenvalue weighted by atomic mass is 32.1. The summed E-state index contributed by atoms with van der Waals surface area (Å²) in [5, 5.41) is 17.1. The fourth-order valence-corrected chi connectivity index (χ4v) is 6.01. The molecule has 1 saturated heterocycles. The summed E-state index contributed by atoms with van der Waals surface area (Å²) in [6, 6.07) is 4.07. The van der Waals surface area contributed by atoms with Crippen molar-refractivity contribution in [3.05, 3.63) is 44.9 Å². The van der Waals surface area contributed by atoms with E-state index >= 15 is 0 Å². The van der Waals surface area contributed by atoms with Crippen molar-refractivity contribution in [3.8, 4) is 10.4 Å². The molecule has 0 atom stereocenters. The minimum absolute atomic E-state index is 0.00305. The number of fused-ring (bicyclic) bond motifs is 1. The highest BCUT2D eigenvalue weighted by Crippen LogP contribution is 2.34. The first kappa shape index (κ1) is 21.4. The summed E-state index contributed by atoms with van der Waals surface area (Å²) in [4.78, 5) is 23.2. The van der Waals surface area contributed by atoms with Gasteiger partial charge in [-0.05, 0) is 54.2 Å². The molecule has 0 saturated carbocycles. The lowest BCUT2D eigenvalue weighted by Gasteiger charge is -2.27. The van der Waals surface area contributed by atoms with Gasteiger partial charge in [0, 0.05) is 22.4 Å². The third-order valence-electron chi connectivity index (χ3n) is 6.00. The lowest BCUT2D eigenvalue weighted by molar-refractivity contribution is 0.212. The summed E-state index contributed by atoms with van der Waals surface area (Å²) < 4.78 is 3.62. The van der Waals surface area contributed by atoms with Crippen molar-refractivity contribution in [2.75, 3.05) is 13.1 Å². The molecule has 5 rings (SSSR count). The van der Waals surface area contributed by atoms with Crippen LogP contribution < -0.4 is 5.56 Å². The highest BCUT2D eigenvalue weighted by Gasteiger charge is 2.21. The number of tetrazole rings is 1. The summed E-state index contributed by atoms with van der Waals surface area (Å²) in [5.41, 5.74) is 0.970. The number of unbranched alkanes of at least 4 members (excludes halogenated alkanes) is 1. The van der Waals surface area contributed by atoms with E-state index in [1.165, 1.54) is 19.3 Å². The Morgan fingerprint density at radius 1 is 1.09 bits per heavy atom. The Hall–Kier alpha value is -2.43. The van der Waals surface area contributed by atoms with Crippen molar-refractivity contribution >= 4 is 32.9 Å². The first-order valence-electron chi connectivity index (χ1n) is 11.3. The smallest absolute Gasteiger partial charge is 0.263 e. The van der Waals surface area contributed by atoms with Gasteiger partial charge >= 0.3 is 0 Å². The van der Waals surface area contributed by atoms with Crippen molar-refractivity contribution < 1.29 is 0 Å². The van der Waals surface area contributed by atoms with Gasteiger partial charge in [0.05, 0.1) is 18.5 Å². The minimum atomic E-state index is -0.00305. The topological polar surface area (TPSA) is 81.7 Å². The van der Waals surface area contributed by atoms with E-state index in [-0.39, 0.29) is 5.56 Å². The van der Waals surface area contributed by atoms with E-state index in [1.807, 2.05) is 16.1 Å². The van der Waals surface area contributed by atoms with E-state index < -0.39 is 0 Å². The third-order valence-corrected chi connectivity index (χ3v) is 7.78. The molecule has 1 aliphatic heterocycles. The van der Waals surface area contributed by atoms with Crippen LogP contribution in [0.1, 0.15) is 50.7 Å². The zero-order chi connectivity index (χ0) is 21.9. The van der Waals surface area contributed by atoms with Crippen LogP contribution in [0.3, 0.4) is 0 Å². The quantitative estimate of drug-likeness (QED) is 0.388. The van der Waals surface area contributed by atoms with Crippen LogP contribution in [0.5, 0.6) is 0 Å². The van der Waals surface area contributed by atoms with Gasteiger partial charge in [-0.1, -0.05) is 25.8 Å². The Labute approximate surface area is 194 Å². The summed E-state index contributed by atoms with van der Waals surface area (Å²) in [6.07, 6.45) is 5.73. The van der Waals surface area contributed by atoms with Crippen LogP contribution >= 0.6 is 22.7 Å². The van der Waals surface area contributed by atoms with Crippen molar-refractivity contribution in [3.63, 3.8) is 0 Å². The standard InChI is InChI=1S/C22H27N7OS2/c1-2-3-11-29-19(24-25-26-29)14-28-18(13-27-9-5-4-6-10-27)23-21-20(22(28)30)16(15-32-21)17-8-7-12-31-17/h7-8,12,15H,2-6,9-11,13-14H2,1H3. The zero-order valence-corrected chi connectivity index (χ0v) is 19.9. The predicted octanol–water partition coefficient (Wildman–Crippen LogP) is 4.01. The van der Waals surface area contributed by atoms with Crippen molar-refractivity contribution in [2.24, 2.45) is 0 Å². The van der Waals surface area contributed by atoms with E-state index in [1.54, 1.807) is 27.2 Å². The molecule has 0 bridgehead atoms. The van der Waals surface area contributed by atoms with Gasteiger partial charge in [0.25, 0.3) is 5.56 Å². The molecule has 0 N–H and O–H groups in total. The van der Waals surface area contributed by atoms with E-state index in [2.05, 4.69) is 38.8 Å². The Morgan fingerprint density at radius 2 is 1.97 bits per heavy atom. The molecule has 5 heterocycles. The minimum Gasteiger partial charge on any atom is -0.296 e. The van der Waals surface area contributed by atoms with Crippen LogP contribution in [0, 0.1) is 0 Å².